The second-order valence-corrected chi connectivity index (χ2v) is 9.13. The topological polar surface area (TPSA) is 92.7 Å². The van der Waals surface area contributed by atoms with E-state index in [2.05, 4.69) is 9.97 Å². The predicted octanol–water partition coefficient (Wildman–Crippen LogP) is 3.51. The largest absolute Gasteiger partial charge is 0.457 e. The van der Waals surface area contributed by atoms with Crippen LogP contribution in [0.1, 0.15) is 50.4 Å². The second-order valence-electron chi connectivity index (χ2n) is 9.13. The third-order valence-corrected chi connectivity index (χ3v) is 6.32. The first-order valence-electron chi connectivity index (χ1n) is 12.1. The number of nitrogens with zero attached hydrogens (tertiary/aromatic N) is 4. The van der Waals surface area contributed by atoms with Gasteiger partial charge in [-0.15, -0.1) is 0 Å². The molecule has 1 atom stereocenters. The maximum Gasteiger partial charge on any atom is 0.342 e. The summed E-state index contributed by atoms with van der Waals surface area (Å²) in [5.41, 5.74) is 1.97. The second kappa shape index (κ2) is 11.3. The molecule has 1 unspecified atom stereocenters. The molecule has 2 amide bonds. The van der Waals surface area contributed by atoms with Crippen LogP contribution in [-0.4, -0.2) is 63.2 Å². The molecule has 192 valence electrons. The lowest BCUT2D eigenvalue weighted by Gasteiger charge is -2.40. The molecule has 0 spiro atoms. The van der Waals surface area contributed by atoms with Crippen LogP contribution in [0, 0.1) is 19.7 Å². The molecular formula is C28H29FN4O4. The van der Waals surface area contributed by atoms with E-state index in [0.717, 1.165) is 11.1 Å². The summed E-state index contributed by atoms with van der Waals surface area (Å²) in [6.45, 7) is 6.16. The first-order chi connectivity index (χ1) is 17.7. The quantitative estimate of drug-likeness (QED) is 0.477. The van der Waals surface area contributed by atoms with E-state index < -0.39 is 11.9 Å². The van der Waals surface area contributed by atoms with Crippen LogP contribution in [0.25, 0.3) is 0 Å². The molecule has 0 saturated carbocycles. The van der Waals surface area contributed by atoms with E-state index in [1.165, 1.54) is 12.1 Å². The number of hydrogen-bond acceptors (Lipinski definition) is 6. The number of halogens is 1. The molecule has 0 N–H and O–H groups in total. The fourth-order valence-electron chi connectivity index (χ4n) is 4.45. The van der Waals surface area contributed by atoms with Crippen LogP contribution in [0.3, 0.4) is 0 Å². The van der Waals surface area contributed by atoms with Gasteiger partial charge in [0.2, 0.25) is 5.91 Å². The number of aromatic nitrogens is 2. The summed E-state index contributed by atoms with van der Waals surface area (Å²) in [4.78, 5) is 51.3. The Morgan fingerprint density at radius 2 is 1.68 bits per heavy atom. The van der Waals surface area contributed by atoms with Gasteiger partial charge in [-0.2, -0.15) is 0 Å². The van der Waals surface area contributed by atoms with Crippen molar-refractivity contribution in [3.05, 3.63) is 94.3 Å². The fourth-order valence-corrected chi connectivity index (χ4v) is 4.45. The van der Waals surface area contributed by atoms with Gasteiger partial charge in [-0.05, 0) is 44.0 Å². The van der Waals surface area contributed by atoms with E-state index in [-0.39, 0.29) is 48.6 Å². The summed E-state index contributed by atoms with van der Waals surface area (Å²) in [6.07, 6.45) is 0.153. The molecule has 8 nitrogen and oxygen atoms in total. The molecule has 9 heteroatoms. The molecule has 1 aliphatic rings. The number of benzene rings is 2. The number of carbonyl (C=O) groups is 3. The minimum atomic E-state index is -0.661. The SMILES string of the molecule is Cc1nc(C)c(C(=O)OCc2ccccc2)c(C(=O)N2CCN(C(=O)Cc3ccc(F)cc3)C(C)C2)n1. The molecule has 1 aromatic heterocycles. The molecule has 1 saturated heterocycles. The van der Waals surface area contributed by atoms with Crippen molar-refractivity contribution in [3.8, 4) is 0 Å². The van der Waals surface area contributed by atoms with Crippen molar-refractivity contribution in [2.75, 3.05) is 19.6 Å². The highest BCUT2D eigenvalue weighted by molar-refractivity contribution is 6.04. The van der Waals surface area contributed by atoms with Gasteiger partial charge in [-0.1, -0.05) is 42.5 Å². The highest BCUT2D eigenvalue weighted by Gasteiger charge is 2.33. The van der Waals surface area contributed by atoms with Crippen LogP contribution in [0.5, 0.6) is 0 Å². The highest BCUT2D eigenvalue weighted by atomic mass is 19.1. The lowest BCUT2D eigenvalue weighted by molar-refractivity contribution is -0.134. The Kier molecular flexibility index (Phi) is 7.91. The molecule has 0 aliphatic carbocycles. The van der Waals surface area contributed by atoms with Crippen LogP contribution in [-0.2, 0) is 22.6 Å². The molecular weight excluding hydrogens is 475 g/mol. The Morgan fingerprint density at radius 3 is 2.35 bits per heavy atom. The molecule has 1 aliphatic heterocycles. The number of rotatable bonds is 6. The Bertz CT molecular complexity index is 1300. The molecule has 3 aromatic rings. The van der Waals surface area contributed by atoms with Gasteiger partial charge in [0.05, 0.1) is 12.1 Å². The predicted molar refractivity (Wildman–Crippen MR) is 134 cm³/mol. The van der Waals surface area contributed by atoms with Crippen molar-refractivity contribution < 1.29 is 23.5 Å². The number of carbonyl (C=O) groups excluding carboxylic acids is 3. The highest BCUT2D eigenvalue weighted by Crippen LogP contribution is 2.19. The van der Waals surface area contributed by atoms with Crippen molar-refractivity contribution in [1.82, 2.24) is 19.8 Å². The monoisotopic (exact) mass is 504 g/mol. The summed E-state index contributed by atoms with van der Waals surface area (Å²) >= 11 is 0. The van der Waals surface area contributed by atoms with Crippen LogP contribution < -0.4 is 0 Å². The zero-order chi connectivity index (χ0) is 26.5. The number of ether oxygens (including phenoxy) is 1. The average molecular weight is 505 g/mol. The van der Waals surface area contributed by atoms with E-state index in [4.69, 9.17) is 4.74 Å². The van der Waals surface area contributed by atoms with E-state index in [1.54, 1.807) is 35.8 Å². The van der Waals surface area contributed by atoms with Crippen LogP contribution in [0.2, 0.25) is 0 Å². The molecule has 37 heavy (non-hydrogen) atoms. The Morgan fingerprint density at radius 1 is 0.973 bits per heavy atom. The van der Waals surface area contributed by atoms with Gasteiger partial charge in [0.25, 0.3) is 5.91 Å². The first-order valence-corrected chi connectivity index (χ1v) is 12.1. The van der Waals surface area contributed by atoms with Gasteiger partial charge in [-0.3, -0.25) is 9.59 Å². The summed E-state index contributed by atoms with van der Waals surface area (Å²) in [5, 5.41) is 0. The summed E-state index contributed by atoms with van der Waals surface area (Å²) in [7, 11) is 0. The lowest BCUT2D eigenvalue weighted by Crippen LogP contribution is -2.56. The van der Waals surface area contributed by atoms with Crippen molar-refractivity contribution >= 4 is 17.8 Å². The van der Waals surface area contributed by atoms with Crippen LogP contribution in [0.15, 0.2) is 54.6 Å². The Hall–Kier alpha value is -4.14. The number of hydrogen-bond donors (Lipinski definition) is 0. The molecule has 0 bridgehead atoms. The number of aryl methyl sites for hydroxylation is 2. The van der Waals surface area contributed by atoms with Crippen LogP contribution in [0.4, 0.5) is 4.39 Å². The average Bonchev–Trinajstić information content (AvgIpc) is 2.88. The summed E-state index contributed by atoms with van der Waals surface area (Å²) in [5.74, 6) is -1.13. The molecule has 4 rings (SSSR count). The van der Waals surface area contributed by atoms with Crippen molar-refractivity contribution in [1.29, 1.82) is 0 Å². The van der Waals surface area contributed by atoms with Gasteiger partial charge in [0.1, 0.15) is 29.5 Å². The summed E-state index contributed by atoms with van der Waals surface area (Å²) < 4.78 is 18.7. The number of esters is 1. The maximum absolute atomic E-state index is 13.5. The maximum atomic E-state index is 13.5. The van der Waals surface area contributed by atoms with Gasteiger partial charge in [0.15, 0.2) is 0 Å². The Labute approximate surface area is 215 Å². The molecule has 2 aromatic carbocycles. The van der Waals surface area contributed by atoms with E-state index >= 15 is 0 Å². The minimum Gasteiger partial charge on any atom is -0.457 e. The zero-order valence-corrected chi connectivity index (χ0v) is 21.1. The normalized spacial score (nSPS) is 15.4. The van der Waals surface area contributed by atoms with E-state index in [9.17, 15) is 18.8 Å². The van der Waals surface area contributed by atoms with E-state index in [0.29, 0.717) is 24.6 Å². The van der Waals surface area contributed by atoms with Gasteiger partial charge in [0, 0.05) is 25.7 Å². The molecule has 2 heterocycles. The third-order valence-electron chi connectivity index (χ3n) is 6.32. The number of piperazine rings is 1. The minimum absolute atomic E-state index is 0.00125. The standard InChI is InChI=1S/C28H29FN4O4/c1-18-16-32(13-14-33(18)24(34)15-21-9-11-23(29)12-10-21)27(35)26-25(19(2)30-20(3)31-26)28(36)37-17-22-7-5-4-6-8-22/h4-12,18H,13-17H2,1-3H3. The van der Waals surface area contributed by atoms with Crippen LogP contribution >= 0.6 is 0 Å². The van der Waals surface area contributed by atoms with Gasteiger partial charge < -0.3 is 14.5 Å². The zero-order valence-electron chi connectivity index (χ0n) is 21.1. The third kappa shape index (κ3) is 6.17. The van der Waals surface area contributed by atoms with Crippen molar-refractivity contribution in [2.45, 2.75) is 39.8 Å². The molecule has 0 radical (unpaired) electrons. The van der Waals surface area contributed by atoms with Gasteiger partial charge in [-0.25, -0.2) is 19.2 Å². The first kappa shape index (κ1) is 25.9. The lowest BCUT2D eigenvalue weighted by atomic mass is 10.1. The Balaban J connectivity index is 1.46. The van der Waals surface area contributed by atoms with E-state index in [1.807, 2.05) is 37.3 Å². The number of amides is 2. The molecule has 1 fully saturated rings. The fraction of sp³-hybridized carbons (Fsp3) is 0.321. The summed E-state index contributed by atoms with van der Waals surface area (Å²) in [6, 6.07) is 14.9. The van der Waals surface area contributed by atoms with Gasteiger partial charge >= 0.3 is 5.97 Å². The van der Waals surface area contributed by atoms with Crippen molar-refractivity contribution in [2.24, 2.45) is 0 Å². The smallest absolute Gasteiger partial charge is 0.342 e. The van der Waals surface area contributed by atoms with Crippen molar-refractivity contribution in [3.63, 3.8) is 0 Å².